The number of rotatable bonds is 5. The fourth-order valence-electron chi connectivity index (χ4n) is 2.81. The van der Waals surface area contributed by atoms with E-state index in [4.69, 9.17) is 0 Å². The quantitative estimate of drug-likeness (QED) is 0.567. The Morgan fingerprint density at radius 2 is 1.83 bits per heavy atom. The fraction of sp³-hybridized carbons (Fsp3) is 0.250. The number of amides is 1. The minimum atomic E-state index is -4.46. The van der Waals surface area contributed by atoms with Crippen molar-refractivity contribution in [2.24, 2.45) is 0 Å². The number of pyridine rings is 1. The first-order valence-electron chi connectivity index (χ1n) is 8.67. The molecule has 0 aliphatic carbocycles. The first kappa shape index (κ1) is 20.9. The molecule has 5 nitrogen and oxygen atoms in total. The summed E-state index contributed by atoms with van der Waals surface area (Å²) in [4.78, 5) is 19.4. The Labute approximate surface area is 170 Å². The molecule has 0 aliphatic heterocycles. The third kappa shape index (κ3) is 4.61. The average Bonchev–Trinajstić information content (AvgIpc) is 3.08. The second-order valence-corrected chi connectivity index (χ2v) is 7.35. The molecular weight excluding hydrogens is 401 g/mol. The number of alkyl halides is 3. The number of benzene rings is 1. The van der Waals surface area contributed by atoms with E-state index in [1.54, 1.807) is 30.6 Å². The lowest BCUT2D eigenvalue weighted by atomic mass is 10.2. The van der Waals surface area contributed by atoms with E-state index in [9.17, 15) is 18.0 Å². The molecule has 29 heavy (non-hydrogen) atoms. The van der Waals surface area contributed by atoms with Crippen molar-refractivity contribution in [2.45, 2.75) is 24.5 Å². The average molecular weight is 420 g/mol. The van der Waals surface area contributed by atoms with E-state index in [1.165, 1.54) is 16.9 Å². The molecule has 0 radical (unpaired) electrons. The van der Waals surface area contributed by atoms with Gasteiger partial charge in [-0.3, -0.25) is 4.79 Å². The Morgan fingerprint density at radius 1 is 1.14 bits per heavy atom. The van der Waals surface area contributed by atoms with Gasteiger partial charge in [-0.1, -0.05) is 12.1 Å². The summed E-state index contributed by atoms with van der Waals surface area (Å²) in [6.45, 7) is 2.11. The van der Waals surface area contributed by atoms with Gasteiger partial charge in [0.25, 0.3) is 5.91 Å². The lowest BCUT2D eigenvalue weighted by Gasteiger charge is -2.17. The first-order chi connectivity index (χ1) is 13.7. The van der Waals surface area contributed by atoms with E-state index >= 15 is 0 Å². The largest absolute Gasteiger partial charge is 0.417 e. The predicted octanol–water partition coefficient (Wildman–Crippen LogP) is 4.59. The standard InChI is InChI=1S/C20H19F3N4OS/c1-13-17(19(28)26(2)12-14-4-7-16(29-3)8-5-14)11-25-27(13)18-9-6-15(10-24-18)20(21,22)23/h4-11H,12H2,1-3H3. The Morgan fingerprint density at radius 3 is 2.38 bits per heavy atom. The molecule has 0 atom stereocenters. The number of hydrogen-bond donors (Lipinski definition) is 0. The van der Waals surface area contributed by atoms with Crippen LogP contribution in [0.25, 0.3) is 5.82 Å². The molecule has 0 bridgehead atoms. The van der Waals surface area contributed by atoms with Gasteiger partial charge in [0.05, 0.1) is 23.0 Å². The zero-order valence-corrected chi connectivity index (χ0v) is 16.9. The smallest absolute Gasteiger partial charge is 0.337 e. The molecule has 2 aromatic heterocycles. The van der Waals surface area contributed by atoms with Crippen LogP contribution in [0.15, 0.2) is 53.7 Å². The number of aromatic nitrogens is 3. The maximum atomic E-state index is 12.8. The fourth-order valence-corrected chi connectivity index (χ4v) is 3.22. The van der Waals surface area contributed by atoms with Gasteiger partial charge in [-0.15, -0.1) is 11.8 Å². The van der Waals surface area contributed by atoms with E-state index in [1.807, 2.05) is 30.5 Å². The van der Waals surface area contributed by atoms with Crippen LogP contribution in [-0.4, -0.2) is 38.9 Å². The molecule has 0 spiro atoms. The summed E-state index contributed by atoms with van der Waals surface area (Å²) < 4.78 is 39.5. The maximum Gasteiger partial charge on any atom is 0.417 e. The molecule has 0 saturated heterocycles. The Kier molecular flexibility index (Phi) is 5.97. The Balaban J connectivity index is 1.77. The number of carbonyl (C=O) groups excluding carboxylic acids is 1. The molecule has 0 N–H and O–H groups in total. The van der Waals surface area contributed by atoms with Crippen LogP contribution in [0.3, 0.4) is 0 Å². The van der Waals surface area contributed by atoms with Crippen molar-refractivity contribution in [3.8, 4) is 5.82 Å². The monoisotopic (exact) mass is 420 g/mol. The summed E-state index contributed by atoms with van der Waals surface area (Å²) in [5.41, 5.74) is 1.03. The molecule has 0 unspecified atom stereocenters. The van der Waals surface area contributed by atoms with Crippen molar-refractivity contribution in [1.82, 2.24) is 19.7 Å². The predicted molar refractivity (Wildman–Crippen MR) is 105 cm³/mol. The third-order valence-corrected chi connectivity index (χ3v) is 5.20. The molecule has 1 aromatic carbocycles. The number of thioether (sulfide) groups is 1. The Hall–Kier alpha value is -2.81. The molecule has 0 saturated carbocycles. The van der Waals surface area contributed by atoms with Crippen LogP contribution < -0.4 is 0 Å². The lowest BCUT2D eigenvalue weighted by molar-refractivity contribution is -0.137. The number of hydrogen-bond acceptors (Lipinski definition) is 4. The van der Waals surface area contributed by atoms with Crippen LogP contribution in [0.5, 0.6) is 0 Å². The molecule has 1 amide bonds. The summed E-state index contributed by atoms with van der Waals surface area (Å²) in [7, 11) is 1.69. The number of nitrogens with zero attached hydrogens (tertiary/aromatic N) is 4. The highest BCUT2D eigenvalue weighted by atomic mass is 32.2. The van der Waals surface area contributed by atoms with E-state index in [-0.39, 0.29) is 11.7 Å². The number of carbonyl (C=O) groups is 1. The van der Waals surface area contributed by atoms with Gasteiger partial charge in [0.15, 0.2) is 5.82 Å². The lowest BCUT2D eigenvalue weighted by Crippen LogP contribution is -2.26. The molecule has 152 valence electrons. The van der Waals surface area contributed by atoms with E-state index in [2.05, 4.69) is 10.1 Å². The van der Waals surface area contributed by atoms with Gasteiger partial charge in [-0.05, 0) is 43.0 Å². The van der Waals surface area contributed by atoms with Gasteiger partial charge in [-0.25, -0.2) is 9.67 Å². The van der Waals surface area contributed by atoms with Crippen LogP contribution in [0.1, 0.15) is 27.2 Å². The molecule has 9 heteroatoms. The SMILES string of the molecule is CSc1ccc(CN(C)C(=O)c2cnn(-c3ccc(C(F)(F)F)cn3)c2C)cc1. The molecule has 3 aromatic rings. The summed E-state index contributed by atoms with van der Waals surface area (Å²) >= 11 is 1.64. The molecule has 2 heterocycles. The van der Waals surface area contributed by atoms with Crippen LogP contribution in [0, 0.1) is 6.92 Å². The van der Waals surface area contributed by atoms with Crippen molar-refractivity contribution >= 4 is 17.7 Å². The van der Waals surface area contributed by atoms with E-state index in [0.717, 1.165) is 22.7 Å². The summed E-state index contributed by atoms with van der Waals surface area (Å²) in [5, 5.41) is 4.13. The van der Waals surface area contributed by atoms with Crippen molar-refractivity contribution in [1.29, 1.82) is 0 Å². The summed E-state index contributed by atoms with van der Waals surface area (Å²) in [5.74, 6) is -0.0144. The minimum absolute atomic E-state index is 0.213. The van der Waals surface area contributed by atoms with Crippen LogP contribution >= 0.6 is 11.8 Å². The van der Waals surface area contributed by atoms with Gasteiger partial charge in [0.2, 0.25) is 0 Å². The highest BCUT2D eigenvalue weighted by Gasteiger charge is 2.31. The Bertz CT molecular complexity index is 998. The van der Waals surface area contributed by atoms with Gasteiger partial charge >= 0.3 is 6.18 Å². The number of halogens is 3. The molecule has 0 aliphatic rings. The van der Waals surface area contributed by atoms with Crippen LogP contribution in [0.2, 0.25) is 0 Å². The van der Waals surface area contributed by atoms with Gasteiger partial charge in [-0.2, -0.15) is 18.3 Å². The third-order valence-electron chi connectivity index (χ3n) is 4.46. The normalized spacial score (nSPS) is 11.5. The van der Waals surface area contributed by atoms with E-state index < -0.39 is 11.7 Å². The first-order valence-corrected chi connectivity index (χ1v) is 9.90. The van der Waals surface area contributed by atoms with Crippen molar-refractivity contribution in [2.75, 3.05) is 13.3 Å². The molecular formula is C20H19F3N4OS. The highest BCUT2D eigenvalue weighted by Crippen LogP contribution is 2.29. The highest BCUT2D eigenvalue weighted by molar-refractivity contribution is 7.98. The summed E-state index contributed by atoms with van der Waals surface area (Å²) in [6.07, 6.45) is -0.300. The zero-order chi connectivity index (χ0) is 21.2. The topological polar surface area (TPSA) is 51.0 Å². The molecule has 0 fully saturated rings. The van der Waals surface area contributed by atoms with Crippen molar-refractivity contribution in [3.63, 3.8) is 0 Å². The van der Waals surface area contributed by atoms with E-state index in [0.29, 0.717) is 17.8 Å². The van der Waals surface area contributed by atoms with Gasteiger partial charge < -0.3 is 4.90 Å². The van der Waals surface area contributed by atoms with Crippen molar-refractivity contribution in [3.05, 3.63) is 71.2 Å². The zero-order valence-electron chi connectivity index (χ0n) is 16.1. The maximum absolute atomic E-state index is 12.8. The van der Waals surface area contributed by atoms with Gasteiger partial charge in [0, 0.05) is 24.7 Å². The van der Waals surface area contributed by atoms with Crippen molar-refractivity contribution < 1.29 is 18.0 Å². The second-order valence-electron chi connectivity index (χ2n) is 6.47. The molecule has 3 rings (SSSR count). The van der Waals surface area contributed by atoms with Crippen LogP contribution in [-0.2, 0) is 12.7 Å². The summed E-state index contributed by atoms with van der Waals surface area (Å²) in [6, 6.07) is 10.1. The second kappa shape index (κ2) is 8.28. The minimum Gasteiger partial charge on any atom is -0.337 e. The van der Waals surface area contributed by atoms with Crippen LogP contribution in [0.4, 0.5) is 13.2 Å². The van der Waals surface area contributed by atoms with Gasteiger partial charge in [0.1, 0.15) is 0 Å².